The predicted octanol–water partition coefficient (Wildman–Crippen LogP) is 2.86. The normalized spacial score (nSPS) is 17.3. The predicted molar refractivity (Wildman–Crippen MR) is 63.0 cm³/mol. The van der Waals surface area contributed by atoms with Crippen LogP contribution < -0.4 is 0 Å². The van der Waals surface area contributed by atoms with Gasteiger partial charge in [-0.2, -0.15) is 4.98 Å². The lowest BCUT2D eigenvalue weighted by molar-refractivity contribution is -0.120. The van der Waals surface area contributed by atoms with Gasteiger partial charge in [0.1, 0.15) is 5.78 Å². The number of furan rings is 1. The molecule has 1 aliphatic rings. The van der Waals surface area contributed by atoms with Gasteiger partial charge < -0.3 is 8.94 Å². The Hall–Kier alpha value is -1.91. The highest BCUT2D eigenvalue weighted by Gasteiger charge is 2.25. The van der Waals surface area contributed by atoms with Crippen molar-refractivity contribution in [3.05, 3.63) is 23.8 Å². The van der Waals surface area contributed by atoms with Crippen LogP contribution in [-0.2, 0) is 4.79 Å². The van der Waals surface area contributed by atoms with E-state index in [2.05, 4.69) is 10.1 Å². The van der Waals surface area contributed by atoms with Crippen molar-refractivity contribution in [2.75, 3.05) is 0 Å². The Morgan fingerprint density at radius 1 is 1.33 bits per heavy atom. The molecule has 0 unspecified atom stereocenters. The number of aromatic nitrogens is 2. The molecule has 0 spiro atoms. The molecule has 0 amide bonds. The number of carbonyl (C=O) groups excluding carboxylic acids is 1. The Morgan fingerprint density at radius 2 is 2.11 bits per heavy atom. The molecule has 1 aliphatic carbocycles. The average molecular weight is 246 g/mol. The molecule has 0 N–H and O–H groups in total. The van der Waals surface area contributed by atoms with Crippen LogP contribution in [0.4, 0.5) is 0 Å². The van der Waals surface area contributed by atoms with Crippen LogP contribution in [0.1, 0.15) is 43.1 Å². The van der Waals surface area contributed by atoms with Crippen LogP contribution in [0.3, 0.4) is 0 Å². The molecule has 0 atom stereocenters. The van der Waals surface area contributed by atoms with Crippen molar-refractivity contribution >= 4 is 5.78 Å². The highest BCUT2D eigenvalue weighted by Crippen LogP contribution is 2.31. The first-order valence-electron chi connectivity index (χ1n) is 6.14. The standard InChI is InChI=1S/C13H14N2O3/c1-8-6-7-17-11(8)12-14-13(18-15-12)9-2-4-10(16)5-3-9/h6-7,9H,2-5H2,1H3. The Balaban J connectivity index is 1.82. The zero-order valence-corrected chi connectivity index (χ0v) is 10.2. The van der Waals surface area contributed by atoms with Crippen LogP contribution in [0.15, 0.2) is 21.3 Å². The van der Waals surface area contributed by atoms with Crippen molar-refractivity contribution in [3.63, 3.8) is 0 Å². The number of rotatable bonds is 2. The first-order valence-corrected chi connectivity index (χ1v) is 6.14. The Bertz CT molecular complexity index is 560. The SMILES string of the molecule is Cc1ccoc1-c1noc(C2CCC(=O)CC2)n1. The fourth-order valence-corrected chi connectivity index (χ4v) is 2.28. The van der Waals surface area contributed by atoms with Gasteiger partial charge in [-0.3, -0.25) is 4.79 Å². The second kappa shape index (κ2) is 4.40. The van der Waals surface area contributed by atoms with Gasteiger partial charge in [-0.1, -0.05) is 5.16 Å². The molecule has 2 aromatic heterocycles. The molecular formula is C13H14N2O3. The summed E-state index contributed by atoms with van der Waals surface area (Å²) in [5.74, 6) is 2.29. The summed E-state index contributed by atoms with van der Waals surface area (Å²) in [7, 11) is 0. The van der Waals surface area contributed by atoms with E-state index < -0.39 is 0 Å². The van der Waals surface area contributed by atoms with E-state index >= 15 is 0 Å². The summed E-state index contributed by atoms with van der Waals surface area (Å²) in [6.45, 7) is 1.94. The van der Waals surface area contributed by atoms with Crippen molar-refractivity contribution in [1.29, 1.82) is 0 Å². The molecule has 1 saturated carbocycles. The minimum Gasteiger partial charge on any atom is -0.461 e. The van der Waals surface area contributed by atoms with Gasteiger partial charge in [0.15, 0.2) is 5.76 Å². The molecule has 1 fully saturated rings. The van der Waals surface area contributed by atoms with Crippen molar-refractivity contribution in [3.8, 4) is 11.6 Å². The van der Waals surface area contributed by atoms with E-state index in [0.29, 0.717) is 36.1 Å². The summed E-state index contributed by atoms with van der Waals surface area (Å²) < 4.78 is 10.6. The van der Waals surface area contributed by atoms with Crippen LogP contribution in [0.25, 0.3) is 11.6 Å². The molecule has 18 heavy (non-hydrogen) atoms. The molecule has 0 radical (unpaired) electrons. The summed E-state index contributed by atoms with van der Waals surface area (Å²) in [6.07, 6.45) is 4.44. The lowest BCUT2D eigenvalue weighted by atomic mass is 9.88. The fraction of sp³-hybridized carbons (Fsp3) is 0.462. The van der Waals surface area contributed by atoms with E-state index in [1.54, 1.807) is 6.26 Å². The van der Waals surface area contributed by atoms with E-state index in [0.717, 1.165) is 18.4 Å². The highest BCUT2D eigenvalue weighted by molar-refractivity contribution is 5.79. The molecule has 5 heteroatoms. The zero-order chi connectivity index (χ0) is 12.5. The molecule has 0 aliphatic heterocycles. The molecular weight excluding hydrogens is 232 g/mol. The van der Waals surface area contributed by atoms with Gasteiger partial charge in [-0.25, -0.2) is 0 Å². The van der Waals surface area contributed by atoms with E-state index in [9.17, 15) is 4.79 Å². The van der Waals surface area contributed by atoms with Gasteiger partial charge >= 0.3 is 0 Å². The lowest BCUT2D eigenvalue weighted by Crippen LogP contribution is -2.12. The highest BCUT2D eigenvalue weighted by atomic mass is 16.5. The van der Waals surface area contributed by atoms with Crippen LogP contribution in [0, 0.1) is 6.92 Å². The maximum Gasteiger partial charge on any atom is 0.238 e. The van der Waals surface area contributed by atoms with E-state index in [1.807, 2.05) is 13.0 Å². The molecule has 0 saturated heterocycles. The molecule has 94 valence electrons. The topological polar surface area (TPSA) is 69.1 Å². The smallest absolute Gasteiger partial charge is 0.238 e. The summed E-state index contributed by atoms with van der Waals surface area (Å²) in [5.41, 5.74) is 0.987. The van der Waals surface area contributed by atoms with Gasteiger partial charge in [-0.15, -0.1) is 0 Å². The largest absolute Gasteiger partial charge is 0.461 e. The van der Waals surface area contributed by atoms with Crippen molar-refractivity contribution in [2.45, 2.75) is 38.5 Å². The second-order valence-corrected chi connectivity index (χ2v) is 4.70. The van der Waals surface area contributed by atoms with Gasteiger partial charge in [0.05, 0.1) is 6.26 Å². The van der Waals surface area contributed by atoms with Crippen LogP contribution in [-0.4, -0.2) is 15.9 Å². The van der Waals surface area contributed by atoms with Crippen molar-refractivity contribution < 1.29 is 13.7 Å². The van der Waals surface area contributed by atoms with E-state index in [4.69, 9.17) is 8.94 Å². The molecule has 3 rings (SSSR count). The number of carbonyl (C=O) groups is 1. The molecule has 2 heterocycles. The second-order valence-electron chi connectivity index (χ2n) is 4.70. The minimum absolute atomic E-state index is 0.208. The number of ketones is 1. The van der Waals surface area contributed by atoms with Crippen LogP contribution in [0.2, 0.25) is 0 Å². The van der Waals surface area contributed by atoms with E-state index in [1.165, 1.54) is 0 Å². The Morgan fingerprint density at radius 3 is 2.78 bits per heavy atom. The Labute approximate surface area is 104 Å². The monoisotopic (exact) mass is 246 g/mol. The van der Waals surface area contributed by atoms with Gasteiger partial charge in [0.25, 0.3) is 0 Å². The fourth-order valence-electron chi connectivity index (χ4n) is 2.28. The third-order valence-electron chi connectivity index (χ3n) is 3.40. The third kappa shape index (κ3) is 1.96. The first-order chi connectivity index (χ1) is 8.74. The Kier molecular flexibility index (Phi) is 2.74. The van der Waals surface area contributed by atoms with Gasteiger partial charge in [0, 0.05) is 18.8 Å². The first kappa shape index (κ1) is 11.2. The maximum atomic E-state index is 11.2. The zero-order valence-electron chi connectivity index (χ0n) is 10.2. The average Bonchev–Trinajstić information content (AvgIpc) is 2.98. The molecule has 0 bridgehead atoms. The van der Waals surface area contributed by atoms with Crippen molar-refractivity contribution in [1.82, 2.24) is 10.1 Å². The summed E-state index contributed by atoms with van der Waals surface area (Å²) in [6, 6.07) is 1.87. The summed E-state index contributed by atoms with van der Waals surface area (Å²) >= 11 is 0. The minimum atomic E-state index is 0.208. The number of hydrogen-bond acceptors (Lipinski definition) is 5. The summed E-state index contributed by atoms with van der Waals surface area (Å²) in [5, 5.41) is 3.95. The van der Waals surface area contributed by atoms with Crippen molar-refractivity contribution in [2.24, 2.45) is 0 Å². The number of hydrogen-bond donors (Lipinski definition) is 0. The van der Waals surface area contributed by atoms with E-state index in [-0.39, 0.29) is 5.92 Å². The van der Waals surface area contributed by atoms with Crippen LogP contribution in [0.5, 0.6) is 0 Å². The maximum absolute atomic E-state index is 11.2. The lowest BCUT2D eigenvalue weighted by Gasteiger charge is -2.16. The third-order valence-corrected chi connectivity index (χ3v) is 3.40. The quantitative estimate of drug-likeness (QED) is 0.814. The van der Waals surface area contributed by atoms with Gasteiger partial charge in [0.2, 0.25) is 11.7 Å². The molecule has 5 nitrogen and oxygen atoms in total. The van der Waals surface area contributed by atoms with Crippen LogP contribution >= 0.6 is 0 Å². The number of Topliss-reactive ketones (excluding diaryl/α,β-unsaturated/α-hetero) is 1. The molecule has 0 aromatic carbocycles. The number of nitrogens with zero attached hydrogens (tertiary/aromatic N) is 2. The number of aryl methyl sites for hydroxylation is 1. The summed E-state index contributed by atoms with van der Waals surface area (Å²) in [4.78, 5) is 15.6. The van der Waals surface area contributed by atoms with Gasteiger partial charge in [-0.05, 0) is 31.4 Å². The molecule has 2 aromatic rings.